The summed E-state index contributed by atoms with van der Waals surface area (Å²) in [7, 11) is -3.71. The number of aryl methyl sites for hydroxylation is 2. The molecule has 0 heterocycles. The van der Waals surface area contributed by atoms with Crippen molar-refractivity contribution in [1.82, 2.24) is 4.72 Å². The van der Waals surface area contributed by atoms with E-state index in [0.717, 1.165) is 21.8 Å². The molecular weight excluding hydrogens is 384 g/mol. The van der Waals surface area contributed by atoms with Crippen molar-refractivity contribution < 1.29 is 17.9 Å². The van der Waals surface area contributed by atoms with E-state index in [1.165, 1.54) is 30.8 Å². The number of anilines is 1. The standard InChI is InChI=1S/C19H24N2O4S2/c1-13-5-6-14(2)18(11-13)25-10-9-20-27(23,24)16-7-8-19(26-4)17(12-16)21-15(3)22/h5-8,11-12,20H,9-10H2,1-4H3,(H,21,22). The quantitative estimate of drug-likeness (QED) is 0.517. The molecule has 0 aliphatic heterocycles. The minimum absolute atomic E-state index is 0.0933. The molecular formula is C19H24N2O4S2. The SMILES string of the molecule is CSc1ccc(S(=O)(=O)NCCOc2cc(C)ccc2C)cc1NC(C)=O. The highest BCUT2D eigenvalue weighted by Crippen LogP contribution is 2.28. The lowest BCUT2D eigenvalue weighted by atomic mass is 10.1. The number of hydrogen-bond donors (Lipinski definition) is 2. The molecule has 2 aromatic carbocycles. The van der Waals surface area contributed by atoms with Crippen LogP contribution in [0, 0.1) is 13.8 Å². The summed E-state index contributed by atoms with van der Waals surface area (Å²) < 4.78 is 33.2. The van der Waals surface area contributed by atoms with E-state index >= 15 is 0 Å². The van der Waals surface area contributed by atoms with Gasteiger partial charge >= 0.3 is 0 Å². The lowest BCUT2D eigenvalue weighted by Gasteiger charge is -2.13. The maximum absolute atomic E-state index is 12.5. The van der Waals surface area contributed by atoms with Gasteiger partial charge in [-0.05, 0) is 55.5 Å². The molecule has 0 aliphatic carbocycles. The van der Waals surface area contributed by atoms with Crippen LogP contribution in [0.3, 0.4) is 0 Å². The smallest absolute Gasteiger partial charge is 0.240 e. The Labute approximate surface area is 164 Å². The Balaban J connectivity index is 2.03. The van der Waals surface area contributed by atoms with Crippen LogP contribution in [-0.4, -0.2) is 33.7 Å². The third-order valence-electron chi connectivity index (χ3n) is 3.79. The van der Waals surface area contributed by atoms with Crippen LogP contribution in [-0.2, 0) is 14.8 Å². The Morgan fingerprint density at radius 3 is 2.56 bits per heavy atom. The first-order chi connectivity index (χ1) is 12.7. The molecule has 6 nitrogen and oxygen atoms in total. The topological polar surface area (TPSA) is 84.5 Å². The Morgan fingerprint density at radius 2 is 1.89 bits per heavy atom. The average molecular weight is 409 g/mol. The summed E-state index contributed by atoms with van der Waals surface area (Å²) in [6.07, 6.45) is 1.86. The molecule has 0 fully saturated rings. The fraction of sp³-hybridized carbons (Fsp3) is 0.316. The average Bonchev–Trinajstić information content (AvgIpc) is 2.61. The molecule has 2 N–H and O–H groups in total. The Kier molecular flexibility index (Phi) is 7.29. The highest BCUT2D eigenvalue weighted by Gasteiger charge is 2.16. The third-order valence-corrected chi connectivity index (χ3v) is 6.04. The molecule has 146 valence electrons. The van der Waals surface area contributed by atoms with Gasteiger partial charge in [0, 0.05) is 18.4 Å². The van der Waals surface area contributed by atoms with Gasteiger partial charge < -0.3 is 10.1 Å². The van der Waals surface area contributed by atoms with Crippen LogP contribution >= 0.6 is 11.8 Å². The number of sulfonamides is 1. The fourth-order valence-corrected chi connectivity index (χ4v) is 4.00. The van der Waals surface area contributed by atoms with Crippen molar-refractivity contribution in [3.05, 3.63) is 47.5 Å². The molecule has 27 heavy (non-hydrogen) atoms. The molecule has 2 rings (SSSR count). The Hall–Kier alpha value is -2.03. The zero-order valence-electron chi connectivity index (χ0n) is 15.8. The van der Waals surface area contributed by atoms with E-state index in [2.05, 4.69) is 10.0 Å². The molecule has 2 aromatic rings. The van der Waals surface area contributed by atoms with Crippen molar-refractivity contribution in [3.63, 3.8) is 0 Å². The zero-order valence-corrected chi connectivity index (χ0v) is 17.5. The first kappa shape index (κ1) is 21.3. The predicted octanol–water partition coefficient (Wildman–Crippen LogP) is 3.34. The van der Waals surface area contributed by atoms with Crippen LogP contribution < -0.4 is 14.8 Å². The fourth-order valence-electron chi connectivity index (χ4n) is 2.42. The third kappa shape index (κ3) is 5.98. The normalized spacial score (nSPS) is 11.3. The van der Waals surface area contributed by atoms with Crippen molar-refractivity contribution >= 4 is 33.4 Å². The maximum Gasteiger partial charge on any atom is 0.240 e. The first-order valence-corrected chi connectivity index (χ1v) is 11.1. The van der Waals surface area contributed by atoms with Gasteiger partial charge in [-0.15, -0.1) is 11.8 Å². The number of carbonyl (C=O) groups is 1. The van der Waals surface area contributed by atoms with Crippen molar-refractivity contribution in [2.75, 3.05) is 24.7 Å². The van der Waals surface area contributed by atoms with E-state index in [1.807, 2.05) is 38.3 Å². The highest BCUT2D eigenvalue weighted by molar-refractivity contribution is 7.98. The van der Waals surface area contributed by atoms with Crippen LogP contribution in [0.15, 0.2) is 46.2 Å². The first-order valence-electron chi connectivity index (χ1n) is 8.38. The second-order valence-electron chi connectivity index (χ2n) is 6.06. The summed E-state index contributed by atoms with van der Waals surface area (Å²) >= 11 is 1.43. The number of carbonyl (C=O) groups excluding carboxylic acids is 1. The van der Waals surface area contributed by atoms with Crippen molar-refractivity contribution in [2.45, 2.75) is 30.6 Å². The number of benzene rings is 2. The van der Waals surface area contributed by atoms with Crippen LogP contribution in [0.4, 0.5) is 5.69 Å². The van der Waals surface area contributed by atoms with Gasteiger partial charge in [0.1, 0.15) is 12.4 Å². The minimum Gasteiger partial charge on any atom is -0.492 e. The van der Waals surface area contributed by atoms with E-state index < -0.39 is 10.0 Å². The van der Waals surface area contributed by atoms with Gasteiger partial charge in [-0.1, -0.05) is 12.1 Å². The predicted molar refractivity (Wildman–Crippen MR) is 109 cm³/mol. The Bertz CT molecular complexity index is 927. The van der Waals surface area contributed by atoms with Gasteiger partial charge in [-0.25, -0.2) is 13.1 Å². The van der Waals surface area contributed by atoms with Gasteiger partial charge in [-0.2, -0.15) is 0 Å². The van der Waals surface area contributed by atoms with E-state index in [9.17, 15) is 13.2 Å². The van der Waals surface area contributed by atoms with E-state index in [0.29, 0.717) is 5.69 Å². The molecule has 0 radical (unpaired) electrons. The van der Waals surface area contributed by atoms with Gasteiger partial charge in [0.2, 0.25) is 15.9 Å². The van der Waals surface area contributed by atoms with Gasteiger partial charge in [0.15, 0.2) is 0 Å². The number of amides is 1. The maximum atomic E-state index is 12.5. The molecule has 0 spiro atoms. The van der Waals surface area contributed by atoms with E-state index in [1.54, 1.807) is 6.07 Å². The number of nitrogens with one attached hydrogen (secondary N) is 2. The monoisotopic (exact) mass is 408 g/mol. The van der Waals surface area contributed by atoms with E-state index in [-0.39, 0.29) is 24.0 Å². The summed E-state index contributed by atoms with van der Waals surface area (Å²) in [6, 6.07) is 10.5. The molecule has 8 heteroatoms. The summed E-state index contributed by atoms with van der Waals surface area (Å²) in [5.74, 6) is 0.487. The van der Waals surface area contributed by atoms with Crippen molar-refractivity contribution in [3.8, 4) is 5.75 Å². The largest absolute Gasteiger partial charge is 0.492 e. The summed E-state index contributed by atoms with van der Waals surface area (Å²) in [4.78, 5) is 12.2. The molecule has 0 saturated heterocycles. The molecule has 0 unspecified atom stereocenters. The molecule has 0 atom stereocenters. The number of ether oxygens (including phenoxy) is 1. The van der Waals surface area contributed by atoms with Crippen LogP contribution in [0.1, 0.15) is 18.1 Å². The molecule has 0 saturated carbocycles. The van der Waals surface area contributed by atoms with Crippen LogP contribution in [0.25, 0.3) is 0 Å². The number of thioether (sulfide) groups is 1. The molecule has 0 bridgehead atoms. The summed E-state index contributed by atoms with van der Waals surface area (Å²) in [6.45, 7) is 5.64. The van der Waals surface area contributed by atoms with E-state index in [4.69, 9.17) is 4.74 Å². The van der Waals surface area contributed by atoms with Crippen LogP contribution in [0.2, 0.25) is 0 Å². The van der Waals surface area contributed by atoms with Gasteiger partial charge in [0.05, 0.1) is 10.6 Å². The molecule has 1 amide bonds. The number of rotatable bonds is 8. The highest BCUT2D eigenvalue weighted by atomic mass is 32.2. The molecule has 0 aromatic heterocycles. The van der Waals surface area contributed by atoms with Crippen LogP contribution in [0.5, 0.6) is 5.75 Å². The summed E-state index contributed by atoms with van der Waals surface area (Å²) in [5, 5.41) is 2.66. The Morgan fingerprint density at radius 1 is 1.15 bits per heavy atom. The van der Waals surface area contributed by atoms with Gasteiger partial charge in [-0.3, -0.25) is 4.79 Å². The summed E-state index contributed by atoms with van der Waals surface area (Å²) in [5.41, 5.74) is 2.55. The van der Waals surface area contributed by atoms with Gasteiger partial charge in [0.25, 0.3) is 0 Å². The number of hydrogen-bond acceptors (Lipinski definition) is 5. The minimum atomic E-state index is -3.71. The van der Waals surface area contributed by atoms with Crippen molar-refractivity contribution in [2.24, 2.45) is 0 Å². The second-order valence-corrected chi connectivity index (χ2v) is 8.67. The van der Waals surface area contributed by atoms with Crippen molar-refractivity contribution in [1.29, 1.82) is 0 Å². The second kappa shape index (κ2) is 9.25. The molecule has 0 aliphatic rings. The lowest BCUT2D eigenvalue weighted by molar-refractivity contribution is -0.114. The zero-order chi connectivity index (χ0) is 20.0. The lowest BCUT2D eigenvalue weighted by Crippen LogP contribution is -2.28.